The Morgan fingerprint density at radius 1 is 1.24 bits per heavy atom. The molecule has 4 rings (SSSR count). The number of rotatable bonds is 5. The zero-order valence-electron chi connectivity index (χ0n) is 13.8. The van der Waals surface area contributed by atoms with Crippen LogP contribution in [0.25, 0.3) is 0 Å². The van der Waals surface area contributed by atoms with E-state index in [0.717, 1.165) is 25.2 Å². The smallest absolute Gasteiger partial charge is 0.322 e. The molecule has 25 heavy (non-hydrogen) atoms. The van der Waals surface area contributed by atoms with Crippen molar-refractivity contribution in [3.05, 3.63) is 42.4 Å². The van der Waals surface area contributed by atoms with Crippen LogP contribution >= 0.6 is 0 Å². The van der Waals surface area contributed by atoms with Crippen LogP contribution in [0.2, 0.25) is 0 Å². The third-order valence-corrected chi connectivity index (χ3v) is 4.29. The predicted molar refractivity (Wildman–Crippen MR) is 89.7 cm³/mol. The van der Waals surface area contributed by atoms with E-state index in [0.29, 0.717) is 30.3 Å². The van der Waals surface area contributed by atoms with Crippen molar-refractivity contribution in [2.45, 2.75) is 25.5 Å². The lowest BCUT2D eigenvalue weighted by Gasteiger charge is -2.25. The Morgan fingerprint density at radius 3 is 2.96 bits per heavy atom. The van der Waals surface area contributed by atoms with Crippen molar-refractivity contribution in [3.8, 4) is 11.5 Å². The van der Waals surface area contributed by atoms with Gasteiger partial charge in [-0.2, -0.15) is 0 Å². The molecule has 1 fully saturated rings. The van der Waals surface area contributed by atoms with Crippen molar-refractivity contribution in [2.24, 2.45) is 0 Å². The van der Waals surface area contributed by atoms with Gasteiger partial charge >= 0.3 is 6.03 Å². The molecule has 0 bridgehead atoms. The highest BCUT2D eigenvalue weighted by molar-refractivity contribution is 5.89. The second-order valence-electron chi connectivity index (χ2n) is 6.09. The molecule has 0 unspecified atom stereocenters. The highest BCUT2D eigenvalue weighted by atomic mass is 16.7. The average Bonchev–Trinajstić information content (AvgIpc) is 3.36. The van der Waals surface area contributed by atoms with Crippen molar-refractivity contribution < 1.29 is 23.4 Å². The summed E-state index contributed by atoms with van der Waals surface area (Å²) >= 11 is 0. The standard InChI is InChI=1S/C18H20N2O5/c21-18(19-13-5-6-16-17(9-13)25-12-24-16)20(10-14-3-1-7-22-14)11-15-4-2-8-23-15/h1,3,5-7,9,15H,2,4,8,10-12H2,(H,19,21)/t15-/m1/s1. The third-order valence-electron chi connectivity index (χ3n) is 4.29. The normalized spacial score (nSPS) is 18.3. The topological polar surface area (TPSA) is 73.2 Å². The summed E-state index contributed by atoms with van der Waals surface area (Å²) in [4.78, 5) is 14.5. The fourth-order valence-electron chi connectivity index (χ4n) is 3.02. The van der Waals surface area contributed by atoms with E-state index in [-0.39, 0.29) is 18.9 Å². The summed E-state index contributed by atoms with van der Waals surface area (Å²) < 4.78 is 21.7. The number of carbonyl (C=O) groups is 1. The van der Waals surface area contributed by atoms with Crippen molar-refractivity contribution in [1.29, 1.82) is 0 Å². The summed E-state index contributed by atoms with van der Waals surface area (Å²) in [6, 6.07) is 8.81. The van der Waals surface area contributed by atoms with Gasteiger partial charge in [0.1, 0.15) is 5.76 Å². The number of urea groups is 1. The summed E-state index contributed by atoms with van der Waals surface area (Å²) in [6.45, 7) is 1.87. The summed E-state index contributed by atoms with van der Waals surface area (Å²) in [6.07, 6.45) is 3.67. The Hall–Kier alpha value is -2.67. The molecule has 1 aromatic carbocycles. The lowest BCUT2D eigenvalue weighted by Crippen LogP contribution is -2.39. The second-order valence-corrected chi connectivity index (χ2v) is 6.09. The Morgan fingerprint density at radius 2 is 2.16 bits per heavy atom. The molecule has 2 amide bonds. The molecule has 2 aromatic rings. The number of nitrogens with one attached hydrogen (secondary N) is 1. The van der Waals surface area contributed by atoms with E-state index in [2.05, 4.69) is 5.32 Å². The molecule has 1 N–H and O–H groups in total. The number of carbonyl (C=O) groups excluding carboxylic acids is 1. The van der Waals surface area contributed by atoms with Gasteiger partial charge in [-0.05, 0) is 37.1 Å². The first-order chi connectivity index (χ1) is 12.3. The molecule has 0 saturated carbocycles. The maximum Gasteiger partial charge on any atom is 0.322 e. The van der Waals surface area contributed by atoms with Gasteiger partial charge in [0.2, 0.25) is 6.79 Å². The third kappa shape index (κ3) is 3.71. The van der Waals surface area contributed by atoms with E-state index < -0.39 is 0 Å². The Labute approximate surface area is 145 Å². The zero-order valence-corrected chi connectivity index (χ0v) is 13.8. The first kappa shape index (κ1) is 15.8. The number of furan rings is 1. The molecule has 1 aromatic heterocycles. The zero-order chi connectivity index (χ0) is 17.1. The van der Waals surface area contributed by atoms with Crippen LogP contribution in [0.5, 0.6) is 11.5 Å². The molecule has 1 saturated heterocycles. The van der Waals surface area contributed by atoms with Crippen LogP contribution in [-0.2, 0) is 11.3 Å². The average molecular weight is 344 g/mol. The summed E-state index contributed by atoms with van der Waals surface area (Å²) in [5.41, 5.74) is 0.658. The quantitative estimate of drug-likeness (QED) is 0.901. The van der Waals surface area contributed by atoms with Crippen LogP contribution < -0.4 is 14.8 Å². The first-order valence-corrected chi connectivity index (χ1v) is 8.37. The maximum atomic E-state index is 12.8. The molecule has 0 radical (unpaired) electrons. The first-order valence-electron chi connectivity index (χ1n) is 8.37. The van der Waals surface area contributed by atoms with Gasteiger partial charge in [0.25, 0.3) is 0 Å². The van der Waals surface area contributed by atoms with Crippen molar-refractivity contribution in [3.63, 3.8) is 0 Å². The van der Waals surface area contributed by atoms with Crippen LogP contribution in [0.15, 0.2) is 41.0 Å². The highest BCUT2D eigenvalue weighted by Gasteiger charge is 2.24. The molecule has 7 nitrogen and oxygen atoms in total. The van der Waals surface area contributed by atoms with Gasteiger partial charge < -0.3 is 28.8 Å². The number of hydrogen-bond acceptors (Lipinski definition) is 5. The summed E-state index contributed by atoms with van der Waals surface area (Å²) in [5, 5.41) is 2.91. The second kappa shape index (κ2) is 7.06. The van der Waals surface area contributed by atoms with Gasteiger partial charge in [0.15, 0.2) is 11.5 Å². The minimum Gasteiger partial charge on any atom is -0.467 e. The van der Waals surface area contributed by atoms with E-state index in [1.54, 1.807) is 29.4 Å². The van der Waals surface area contributed by atoms with Gasteiger partial charge in [0.05, 0.1) is 18.9 Å². The monoisotopic (exact) mass is 344 g/mol. The molecule has 7 heteroatoms. The van der Waals surface area contributed by atoms with Gasteiger partial charge in [-0.25, -0.2) is 4.79 Å². The number of amides is 2. The summed E-state index contributed by atoms with van der Waals surface area (Å²) in [7, 11) is 0. The predicted octanol–water partition coefficient (Wildman–Crippen LogP) is 3.22. The molecule has 2 aliphatic heterocycles. The van der Waals surface area contributed by atoms with E-state index in [4.69, 9.17) is 18.6 Å². The van der Waals surface area contributed by atoms with Gasteiger partial charge in [0, 0.05) is 24.9 Å². The summed E-state index contributed by atoms with van der Waals surface area (Å²) in [5.74, 6) is 2.05. The largest absolute Gasteiger partial charge is 0.467 e. The Bertz CT molecular complexity index is 725. The van der Waals surface area contributed by atoms with E-state index in [1.807, 2.05) is 12.1 Å². The SMILES string of the molecule is O=C(Nc1ccc2c(c1)OCO2)N(Cc1ccco1)C[C@H]1CCCO1. The minimum atomic E-state index is -0.203. The fourth-order valence-corrected chi connectivity index (χ4v) is 3.02. The lowest BCUT2D eigenvalue weighted by atomic mass is 10.2. The van der Waals surface area contributed by atoms with Crippen molar-refractivity contribution in [2.75, 3.05) is 25.3 Å². The van der Waals surface area contributed by atoms with Crippen LogP contribution in [0.3, 0.4) is 0 Å². The number of anilines is 1. The van der Waals surface area contributed by atoms with Gasteiger partial charge in [-0.1, -0.05) is 0 Å². The van der Waals surface area contributed by atoms with Crippen LogP contribution in [0, 0.1) is 0 Å². The molecular weight excluding hydrogens is 324 g/mol. The molecule has 1 atom stereocenters. The molecule has 0 aliphatic carbocycles. The lowest BCUT2D eigenvalue weighted by molar-refractivity contribution is 0.0803. The molecule has 2 aliphatic rings. The highest BCUT2D eigenvalue weighted by Crippen LogP contribution is 2.34. The van der Waals surface area contributed by atoms with Gasteiger partial charge in [-0.15, -0.1) is 0 Å². The van der Waals surface area contributed by atoms with E-state index >= 15 is 0 Å². The molecule has 3 heterocycles. The number of nitrogens with zero attached hydrogens (tertiary/aromatic N) is 1. The Balaban J connectivity index is 1.46. The maximum absolute atomic E-state index is 12.8. The number of fused-ring (bicyclic) bond motifs is 1. The van der Waals surface area contributed by atoms with E-state index in [1.165, 1.54) is 0 Å². The number of benzene rings is 1. The minimum absolute atomic E-state index is 0.0671. The number of hydrogen-bond donors (Lipinski definition) is 1. The molecule has 0 spiro atoms. The Kier molecular flexibility index (Phi) is 4.47. The molecular formula is C18H20N2O5. The molecule has 132 valence electrons. The van der Waals surface area contributed by atoms with Crippen molar-refractivity contribution in [1.82, 2.24) is 4.90 Å². The van der Waals surface area contributed by atoms with Gasteiger partial charge in [-0.3, -0.25) is 0 Å². The van der Waals surface area contributed by atoms with Crippen molar-refractivity contribution >= 4 is 11.7 Å². The van der Waals surface area contributed by atoms with E-state index in [9.17, 15) is 4.79 Å². The van der Waals surface area contributed by atoms with Crippen LogP contribution in [0.1, 0.15) is 18.6 Å². The fraction of sp³-hybridized carbons (Fsp3) is 0.389. The van der Waals surface area contributed by atoms with Crippen LogP contribution in [-0.4, -0.2) is 37.0 Å². The van der Waals surface area contributed by atoms with Crippen LogP contribution in [0.4, 0.5) is 10.5 Å². The number of ether oxygens (including phenoxy) is 3.